The summed E-state index contributed by atoms with van der Waals surface area (Å²) < 4.78 is 4.89. The SMILES string of the molecule is NC1C2On3on3C2CCC1[N+](=O)[O-]. The number of fused-ring (bicyclic) bond motifs is 3. The van der Waals surface area contributed by atoms with Gasteiger partial charge in [-0.15, -0.1) is 0 Å². The summed E-state index contributed by atoms with van der Waals surface area (Å²) >= 11 is 0. The van der Waals surface area contributed by atoms with Gasteiger partial charge in [-0.3, -0.25) is 10.1 Å². The lowest BCUT2D eigenvalue weighted by Crippen LogP contribution is -2.55. The van der Waals surface area contributed by atoms with Gasteiger partial charge in [-0.1, -0.05) is 0 Å². The van der Waals surface area contributed by atoms with Gasteiger partial charge < -0.3 is 10.6 Å². The van der Waals surface area contributed by atoms with Crippen molar-refractivity contribution in [2.75, 3.05) is 0 Å². The molecule has 0 radical (unpaired) electrons. The highest BCUT2D eigenvalue weighted by molar-refractivity contribution is 4.94. The van der Waals surface area contributed by atoms with Crippen molar-refractivity contribution in [1.29, 1.82) is 0 Å². The first kappa shape index (κ1) is 7.92. The normalized spacial score (nSPS) is 40.4. The molecule has 4 unspecified atom stereocenters. The third-order valence-electron chi connectivity index (χ3n) is 3.02. The zero-order valence-corrected chi connectivity index (χ0v) is 7.28. The van der Waals surface area contributed by atoms with E-state index in [1.165, 1.54) is 5.02 Å². The summed E-state index contributed by atoms with van der Waals surface area (Å²) in [4.78, 5) is 17.1. The van der Waals surface area contributed by atoms with Crippen LogP contribution in [0.3, 0.4) is 0 Å². The molecule has 1 aromatic rings. The highest BCUT2D eigenvalue weighted by Gasteiger charge is 2.54. The third kappa shape index (κ3) is 0.857. The Hall–Kier alpha value is -1.44. The number of nitrogens with zero attached hydrogens (tertiary/aromatic N) is 3. The average Bonchev–Trinajstić information content (AvgIpc) is 2.81. The predicted octanol–water partition coefficient (Wildman–Crippen LogP) is -0.999. The maximum atomic E-state index is 10.7. The Bertz CT molecular complexity index is 365. The molecule has 1 aromatic heterocycles. The lowest BCUT2D eigenvalue weighted by Gasteiger charge is -2.29. The molecule has 1 fully saturated rings. The van der Waals surface area contributed by atoms with Crippen LogP contribution in [0.1, 0.15) is 18.9 Å². The molecule has 3 rings (SSSR count). The number of aromatic nitrogens is 2. The van der Waals surface area contributed by atoms with E-state index < -0.39 is 12.1 Å². The first-order valence-electron chi connectivity index (χ1n) is 4.51. The quantitative estimate of drug-likeness (QED) is 0.465. The first-order chi connectivity index (χ1) is 6.68. The highest BCUT2D eigenvalue weighted by atomic mass is 17.0. The van der Waals surface area contributed by atoms with E-state index in [0.29, 0.717) is 12.8 Å². The van der Waals surface area contributed by atoms with Gasteiger partial charge in [0, 0.05) is 11.3 Å². The summed E-state index contributed by atoms with van der Waals surface area (Å²) in [6, 6.07) is -1.21. The largest absolute Gasteiger partial charge is 0.360 e. The molecular formula is C6H10N4O4. The molecule has 4 atom stereocenters. The number of nitro groups is 1. The van der Waals surface area contributed by atoms with Gasteiger partial charge in [0.05, 0.1) is 5.02 Å². The number of rotatable bonds is 1. The molecule has 8 nitrogen and oxygen atoms in total. The van der Waals surface area contributed by atoms with Gasteiger partial charge in [0.2, 0.25) is 6.04 Å². The van der Waals surface area contributed by atoms with Crippen molar-refractivity contribution in [1.82, 2.24) is 9.87 Å². The summed E-state index contributed by atoms with van der Waals surface area (Å²) in [5.74, 6) is 0. The molecule has 1 saturated carbocycles. The van der Waals surface area contributed by atoms with Gasteiger partial charge in [-0.05, 0) is 11.3 Å². The van der Waals surface area contributed by atoms with E-state index in [4.69, 9.17) is 15.2 Å². The molecule has 78 valence electrons. The number of hydrogen-bond donors (Lipinski definition) is 1. The fraction of sp³-hybridized carbons (Fsp3) is 1.00. The van der Waals surface area contributed by atoms with E-state index in [0.717, 1.165) is 0 Å². The summed E-state index contributed by atoms with van der Waals surface area (Å²) in [6.07, 6.45) is 0.847. The number of nitrogens with two attached hydrogens (primary N) is 1. The van der Waals surface area contributed by atoms with Gasteiger partial charge in [0.25, 0.3) is 0 Å². The van der Waals surface area contributed by atoms with Crippen LogP contribution in [0.2, 0.25) is 0 Å². The molecule has 0 aromatic carbocycles. The second-order valence-electron chi connectivity index (χ2n) is 3.77. The molecule has 2 N–H and O–H groups in total. The van der Waals surface area contributed by atoms with E-state index in [9.17, 15) is 10.1 Å². The van der Waals surface area contributed by atoms with Crippen molar-refractivity contribution < 1.29 is 14.4 Å². The van der Waals surface area contributed by atoms with Gasteiger partial charge >= 0.3 is 0 Å². The maximum absolute atomic E-state index is 10.7. The molecule has 8 heteroatoms. The van der Waals surface area contributed by atoms with Crippen LogP contribution in [-0.4, -0.2) is 33.0 Å². The summed E-state index contributed by atoms with van der Waals surface area (Å²) in [6.45, 7) is 0. The summed E-state index contributed by atoms with van der Waals surface area (Å²) in [5, 5.41) is 11.9. The van der Waals surface area contributed by atoms with Crippen molar-refractivity contribution in [2.45, 2.75) is 37.1 Å². The minimum absolute atomic E-state index is 0.0428. The Morgan fingerprint density at radius 3 is 3.00 bits per heavy atom. The Balaban J connectivity index is 1.81. The fourth-order valence-corrected chi connectivity index (χ4v) is 2.20. The van der Waals surface area contributed by atoms with Crippen LogP contribution in [0.4, 0.5) is 0 Å². The minimum atomic E-state index is -0.698. The van der Waals surface area contributed by atoms with Crippen LogP contribution in [0, 0.1) is 10.1 Å². The number of hydrogen-bond acceptors (Lipinski definition) is 5. The van der Waals surface area contributed by atoms with Crippen molar-refractivity contribution in [3.05, 3.63) is 10.1 Å². The van der Waals surface area contributed by atoms with Crippen LogP contribution in [-0.2, 0) is 0 Å². The maximum Gasteiger partial charge on any atom is 0.231 e. The molecule has 2 heterocycles. The van der Waals surface area contributed by atoms with Crippen LogP contribution in [0.25, 0.3) is 0 Å². The Kier molecular flexibility index (Phi) is 1.31. The molecular weight excluding hydrogens is 192 g/mol. The second kappa shape index (κ2) is 2.32. The van der Waals surface area contributed by atoms with Crippen LogP contribution in [0.15, 0.2) is 4.63 Å². The molecule has 0 bridgehead atoms. The van der Waals surface area contributed by atoms with Crippen molar-refractivity contribution >= 4 is 0 Å². The van der Waals surface area contributed by atoms with Crippen molar-refractivity contribution in [3.8, 4) is 0 Å². The minimum Gasteiger partial charge on any atom is -0.360 e. The van der Waals surface area contributed by atoms with Gasteiger partial charge in [0.15, 0.2) is 6.10 Å². The Morgan fingerprint density at radius 2 is 2.29 bits per heavy atom. The lowest BCUT2D eigenvalue weighted by molar-refractivity contribution is -0.531. The Morgan fingerprint density at radius 1 is 1.50 bits per heavy atom. The zero-order valence-electron chi connectivity index (χ0n) is 7.28. The average molecular weight is 202 g/mol. The van der Waals surface area contributed by atoms with E-state index >= 15 is 0 Å². The Labute approximate surface area is 78.2 Å². The van der Waals surface area contributed by atoms with E-state index in [2.05, 4.69) is 0 Å². The van der Waals surface area contributed by atoms with Crippen molar-refractivity contribution in [3.63, 3.8) is 0 Å². The fourth-order valence-electron chi connectivity index (χ4n) is 2.20. The molecule has 2 aliphatic rings. The van der Waals surface area contributed by atoms with Gasteiger partial charge in [-0.25, -0.2) is 4.63 Å². The molecule has 0 saturated heterocycles. The smallest absolute Gasteiger partial charge is 0.231 e. The molecule has 14 heavy (non-hydrogen) atoms. The van der Waals surface area contributed by atoms with E-state index in [1.54, 1.807) is 4.85 Å². The van der Waals surface area contributed by atoms with Gasteiger partial charge in [0.1, 0.15) is 12.1 Å². The second-order valence-corrected chi connectivity index (χ2v) is 3.77. The van der Waals surface area contributed by atoms with Crippen LogP contribution in [0.5, 0.6) is 0 Å². The van der Waals surface area contributed by atoms with Crippen LogP contribution < -0.4 is 10.6 Å². The molecule has 1 aliphatic carbocycles. The van der Waals surface area contributed by atoms with Crippen LogP contribution >= 0.6 is 0 Å². The molecule has 1 aliphatic heterocycles. The van der Waals surface area contributed by atoms with Gasteiger partial charge in [-0.2, -0.15) is 0 Å². The predicted molar refractivity (Wildman–Crippen MR) is 42.1 cm³/mol. The highest BCUT2D eigenvalue weighted by Crippen LogP contribution is 2.36. The third-order valence-corrected chi connectivity index (χ3v) is 3.02. The monoisotopic (exact) mass is 202 g/mol. The summed E-state index contributed by atoms with van der Waals surface area (Å²) in [5.41, 5.74) is 5.77. The lowest BCUT2D eigenvalue weighted by atomic mass is 9.85. The zero-order chi connectivity index (χ0) is 9.87. The molecule has 0 spiro atoms. The van der Waals surface area contributed by atoms with E-state index in [1.807, 2.05) is 0 Å². The standard InChI is InChI=1S/C6H10N4O4/c7-5-3(9(11)12)1-2-4-6(5)13-10-8(4)14-10/h3-6H,1-2,7H2. The molecule has 0 amide bonds. The van der Waals surface area contributed by atoms with E-state index in [-0.39, 0.29) is 17.1 Å². The topological polar surface area (TPSA) is 101 Å². The van der Waals surface area contributed by atoms with Crippen molar-refractivity contribution in [2.24, 2.45) is 5.73 Å². The summed E-state index contributed by atoms with van der Waals surface area (Å²) in [7, 11) is 0. The first-order valence-corrected chi connectivity index (χ1v) is 4.51.